The average molecular weight is 479 g/mol. The molecule has 0 bridgehead atoms. The van der Waals surface area contributed by atoms with Gasteiger partial charge < -0.3 is 18.7 Å². The molecule has 0 atom stereocenters. The van der Waals surface area contributed by atoms with E-state index in [1.54, 1.807) is 19.9 Å². The summed E-state index contributed by atoms with van der Waals surface area (Å²) in [5, 5.41) is 0.256. The minimum Gasteiger partial charge on any atom is -0.490 e. The summed E-state index contributed by atoms with van der Waals surface area (Å²) in [7, 11) is -1.62. The number of ketones is 2. The Kier molecular flexibility index (Phi) is 17.9. The Hall–Kier alpha value is -1.18. The van der Waals surface area contributed by atoms with Crippen molar-refractivity contribution in [3.8, 4) is 0 Å². The van der Waals surface area contributed by atoms with Crippen molar-refractivity contribution in [1.82, 2.24) is 0 Å². The molecule has 0 N–H and O–H groups in total. The van der Waals surface area contributed by atoms with Crippen molar-refractivity contribution >= 4 is 37.5 Å². The van der Waals surface area contributed by atoms with E-state index in [2.05, 4.69) is 45.5 Å². The maximum atomic E-state index is 11.0. The largest absolute Gasteiger partial charge is 0.490 e. The first-order valence-electron chi connectivity index (χ1n) is 11.0. The summed E-state index contributed by atoms with van der Waals surface area (Å²) >= 11 is 5.06. The molecule has 0 saturated heterocycles. The second-order valence-corrected chi connectivity index (χ2v) is 13.9. The van der Waals surface area contributed by atoms with Crippen LogP contribution in [0.15, 0.2) is 11.8 Å². The van der Waals surface area contributed by atoms with Gasteiger partial charge in [-0.2, -0.15) is 0 Å². The summed E-state index contributed by atoms with van der Waals surface area (Å²) in [6.45, 7) is 18.1. The lowest BCUT2D eigenvalue weighted by Gasteiger charge is -2.36. The quantitative estimate of drug-likeness (QED) is 0.170. The highest BCUT2D eigenvalue weighted by molar-refractivity contribution is 6.74. The molecule has 8 heteroatoms. The molecule has 0 aliphatic carbocycles. The van der Waals surface area contributed by atoms with Crippen LogP contribution in [0.25, 0.3) is 0 Å². The highest BCUT2D eigenvalue weighted by Crippen LogP contribution is 2.36. The number of carbonyl (C=O) groups is 3. The Morgan fingerprint density at radius 1 is 1.19 bits per heavy atom. The number of esters is 1. The topological polar surface area (TPSA) is 78.9 Å². The van der Waals surface area contributed by atoms with Gasteiger partial charge >= 0.3 is 5.97 Å². The highest BCUT2D eigenvalue weighted by Gasteiger charge is 2.36. The molecule has 0 amide bonds. The molecular formula is C23H43ClO6Si. The number of halogens is 1. The predicted molar refractivity (Wildman–Crippen MR) is 129 cm³/mol. The Morgan fingerprint density at radius 2 is 1.81 bits per heavy atom. The first-order chi connectivity index (χ1) is 14.3. The van der Waals surface area contributed by atoms with Crippen LogP contribution in [0.5, 0.6) is 0 Å². The number of carbonyl (C=O) groups excluding carboxylic acids is 3. The number of rotatable bonds is 10. The maximum Gasteiger partial charge on any atom is 0.320 e. The summed E-state index contributed by atoms with van der Waals surface area (Å²) in [6.07, 6.45) is 6.27. The summed E-state index contributed by atoms with van der Waals surface area (Å²) < 4.78 is 15.7. The smallest absolute Gasteiger partial charge is 0.320 e. The molecule has 31 heavy (non-hydrogen) atoms. The lowest BCUT2D eigenvalue weighted by atomic mass is 10.2. The van der Waals surface area contributed by atoms with E-state index in [1.165, 1.54) is 0 Å². The third-order valence-corrected chi connectivity index (χ3v) is 9.61. The van der Waals surface area contributed by atoms with Gasteiger partial charge in [0.25, 0.3) is 0 Å². The normalized spacial score (nSPS) is 13.2. The van der Waals surface area contributed by atoms with Gasteiger partial charge in [-0.3, -0.25) is 9.59 Å². The molecule has 1 rings (SSSR count). The van der Waals surface area contributed by atoms with Crippen molar-refractivity contribution in [2.24, 2.45) is 0 Å². The van der Waals surface area contributed by atoms with Gasteiger partial charge in [-0.05, 0) is 44.8 Å². The third-order valence-electron chi connectivity index (χ3n) is 4.86. The zero-order chi connectivity index (χ0) is 24.5. The molecule has 0 spiro atoms. The monoisotopic (exact) mass is 478 g/mol. The number of hydrogen-bond donors (Lipinski definition) is 0. The molecule has 1 aliphatic rings. The number of hydrogen-bond acceptors (Lipinski definition) is 6. The number of ether oxygens (including phenoxy) is 2. The standard InChI is InChI=1S/C13H24O3Si.C6H12O.C4H7ClO2/c1-13(2,3)17(4,5)16-8-6-7-12-9-11(14)10-15-12;1-3-4-5-6(2)7;1-2-7-4(6)3-5/h9H,6-8,10H2,1-5H3;3-5H2,1-2H3;2-3H2,1H3. The van der Waals surface area contributed by atoms with Crippen LogP contribution >= 0.6 is 11.6 Å². The molecule has 0 aromatic carbocycles. The minimum absolute atomic E-state index is 0.0478. The lowest BCUT2D eigenvalue weighted by Crippen LogP contribution is -2.40. The molecule has 0 radical (unpaired) electrons. The second-order valence-electron chi connectivity index (χ2n) is 8.82. The van der Waals surface area contributed by atoms with E-state index in [1.807, 2.05) is 0 Å². The van der Waals surface area contributed by atoms with Crippen molar-refractivity contribution < 1.29 is 28.3 Å². The van der Waals surface area contributed by atoms with Crippen LogP contribution in [0.3, 0.4) is 0 Å². The number of alkyl halides is 1. The molecule has 0 saturated carbocycles. The SMILES string of the molecule is CC(C)(C)[Si](C)(C)OCCCC1=CC(=O)CO1.CCCCC(C)=O.CCOC(=O)CCl. The van der Waals surface area contributed by atoms with Gasteiger partial charge in [-0.1, -0.05) is 34.1 Å². The van der Waals surface area contributed by atoms with Crippen molar-refractivity contribution in [1.29, 1.82) is 0 Å². The van der Waals surface area contributed by atoms with Gasteiger partial charge in [0.2, 0.25) is 0 Å². The average Bonchev–Trinajstić information content (AvgIpc) is 3.09. The molecular weight excluding hydrogens is 436 g/mol. The fourth-order valence-corrected chi connectivity index (χ4v) is 3.15. The zero-order valence-electron chi connectivity index (χ0n) is 20.8. The third kappa shape index (κ3) is 18.1. The molecule has 182 valence electrons. The molecule has 6 nitrogen and oxygen atoms in total. The fraction of sp³-hybridized carbons (Fsp3) is 0.783. The van der Waals surface area contributed by atoms with Gasteiger partial charge in [0.1, 0.15) is 17.4 Å². The second kappa shape index (κ2) is 17.4. The Labute approximate surface area is 195 Å². The van der Waals surface area contributed by atoms with E-state index in [0.717, 1.165) is 44.5 Å². The van der Waals surface area contributed by atoms with Crippen LogP contribution in [-0.4, -0.2) is 51.6 Å². The molecule has 0 aromatic rings. The van der Waals surface area contributed by atoms with Gasteiger partial charge in [-0.25, -0.2) is 0 Å². The Bertz CT molecular complexity index is 567. The first-order valence-corrected chi connectivity index (χ1v) is 14.5. The van der Waals surface area contributed by atoms with Crippen molar-refractivity contribution in [2.75, 3.05) is 25.7 Å². The van der Waals surface area contributed by atoms with E-state index in [4.69, 9.17) is 20.8 Å². The van der Waals surface area contributed by atoms with Gasteiger partial charge in [0, 0.05) is 25.5 Å². The van der Waals surface area contributed by atoms with E-state index in [0.29, 0.717) is 12.4 Å². The lowest BCUT2D eigenvalue weighted by molar-refractivity contribution is -0.140. The fourth-order valence-electron chi connectivity index (χ4n) is 1.99. The maximum absolute atomic E-state index is 11.0. The van der Waals surface area contributed by atoms with Crippen LogP contribution in [-0.2, 0) is 28.3 Å². The predicted octanol–water partition coefficient (Wildman–Crippen LogP) is 5.83. The van der Waals surface area contributed by atoms with Crippen molar-refractivity contribution in [3.05, 3.63) is 11.8 Å². The Balaban J connectivity index is 0. The van der Waals surface area contributed by atoms with E-state index in [9.17, 15) is 14.4 Å². The van der Waals surface area contributed by atoms with Gasteiger partial charge in [0.15, 0.2) is 20.7 Å². The van der Waals surface area contributed by atoms with Crippen LogP contribution < -0.4 is 0 Å². The summed E-state index contributed by atoms with van der Waals surface area (Å²) in [5.74, 6) is 0.790. The van der Waals surface area contributed by atoms with Crippen LogP contribution in [0.2, 0.25) is 18.1 Å². The van der Waals surface area contributed by atoms with Crippen LogP contribution in [0, 0.1) is 0 Å². The summed E-state index contributed by atoms with van der Waals surface area (Å²) in [4.78, 5) is 31.2. The molecule has 0 unspecified atom stereocenters. The Morgan fingerprint density at radius 3 is 2.13 bits per heavy atom. The van der Waals surface area contributed by atoms with Crippen molar-refractivity contribution in [3.63, 3.8) is 0 Å². The van der Waals surface area contributed by atoms with Gasteiger partial charge in [0.05, 0.1) is 6.61 Å². The molecule has 1 aliphatic heterocycles. The number of Topliss-reactive ketones (excluding diaryl/α,β-unsaturated/α-hetero) is 1. The molecule has 0 aromatic heterocycles. The van der Waals surface area contributed by atoms with Crippen LogP contribution in [0.4, 0.5) is 0 Å². The van der Waals surface area contributed by atoms with Crippen LogP contribution in [0.1, 0.15) is 73.6 Å². The first kappa shape index (κ1) is 32.0. The van der Waals surface area contributed by atoms with E-state index >= 15 is 0 Å². The summed E-state index contributed by atoms with van der Waals surface area (Å²) in [6, 6.07) is 0. The highest BCUT2D eigenvalue weighted by atomic mass is 35.5. The van der Waals surface area contributed by atoms with Gasteiger partial charge in [-0.15, -0.1) is 11.6 Å². The number of unbranched alkanes of at least 4 members (excludes halogenated alkanes) is 1. The minimum atomic E-state index is -1.62. The zero-order valence-corrected chi connectivity index (χ0v) is 22.5. The molecule has 1 heterocycles. The summed E-state index contributed by atoms with van der Waals surface area (Å²) in [5.41, 5.74) is 0. The molecule has 0 fully saturated rings. The number of allylic oxidation sites excluding steroid dienone is 1. The van der Waals surface area contributed by atoms with E-state index in [-0.39, 0.29) is 29.3 Å². The van der Waals surface area contributed by atoms with Crippen molar-refractivity contribution in [2.45, 2.75) is 91.8 Å². The van der Waals surface area contributed by atoms with E-state index < -0.39 is 8.32 Å².